The second-order valence-corrected chi connectivity index (χ2v) is 13.8. The van der Waals surface area contributed by atoms with Gasteiger partial charge in [-0.15, -0.1) is 0 Å². The molecule has 0 saturated heterocycles. The van der Waals surface area contributed by atoms with E-state index in [0.717, 1.165) is 9.87 Å². The van der Waals surface area contributed by atoms with Gasteiger partial charge in [0.1, 0.15) is 18.0 Å². The summed E-state index contributed by atoms with van der Waals surface area (Å²) in [6.07, 6.45) is 0. The van der Waals surface area contributed by atoms with Crippen LogP contribution in [0.15, 0.2) is 137 Å². The fraction of sp³-hybridized carbons (Fsp3) is 0.0606. The van der Waals surface area contributed by atoms with Gasteiger partial charge in [-0.25, -0.2) is 16.8 Å². The molecule has 5 aromatic carbocycles. The topological polar surface area (TPSA) is 122 Å². The Bertz CT molecular complexity index is 2000. The van der Waals surface area contributed by atoms with Crippen LogP contribution in [0, 0.1) is 6.92 Å². The lowest BCUT2D eigenvalue weighted by atomic mass is 10.2. The number of rotatable bonds is 11. The van der Waals surface area contributed by atoms with Crippen molar-refractivity contribution in [3.05, 3.63) is 138 Å². The van der Waals surface area contributed by atoms with Gasteiger partial charge in [0.15, 0.2) is 0 Å². The highest BCUT2D eigenvalue weighted by atomic mass is 35.5. The highest BCUT2D eigenvalue weighted by molar-refractivity contribution is 7.93. The summed E-state index contributed by atoms with van der Waals surface area (Å²) in [5.74, 6) is 0.466. The van der Waals surface area contributed by atoms with Crippen molar-refractivity contribution in [2.75, 3.05) is 20.9 Å². The van der Waals surface area contributed by atoms with Gasteiger partial charge >= 0.3 is 0 Å². The number of halogens is 1. The lowest BCUT2D eigenvalue weighted by Crippen LogP contribution is -2.38. The molecule has 0 heterocycles. The molecule has 0 bridgehead atoms. The zero-order valence-electron chi connectivity index (χ0n) is 23.9. The largest absolute Gasteiger partial charge is 0.457 e. The van der Waals surface area contributed by atoms with E-state index in [0.29, 0.717) is 11.5 Å². The average molecular weight is 662 g/mol. The predicted octanol–water partition coefficient (Wildman–Crippen LogP) is 7.08. The minimum Gasteiger partial charge on any atom is -0.457 e. The molecular formula is C33H28ClN3O6S2. The maximum atomic E-state index is 13.8. The van der Waals surface area contributed by atoms with Crippen LogP contribution in [0.25, 0.3) is 0 Å². The summed E-state index contributed by atoms with van der Waals surface area (Å²) in [6.45, 7) is 1.29. The lowest BCUT2D eigenvalue weighted by molar-refractivity contribution is -0.114. The van der Waals surface area contributed by atoms with Crippen molar-refractivity contribution in [1.82, 2.24) is 0 Å². The number of aryl methyl sites for hydroxylation is 1. The molecule has 0 atom stereocenters. The van der Waals surface area contributed by atoms with Gasteiger partial charge in [-0.05, 0) is 91.9 Å². The molecule has 230 valence electrons. The molecular weight excluding hydrogens is 634 g/mol. The van der Waals surface area contributed by atoms with E-state index in [2.05, 4.69) is 10.0 Å². The van der Waals surface area contributed by atoms with Gasteiger partial charge in [0.25, 0.3) is 20.0 Å². The Morgan fingerprint density at radius 3 is 1.93 bits per heavy atom. The van der Waals surface area contributed by atoms with Crippen molar-refractivity contribution in [1.29, 1.82) is 0 Å². The van der Waals surface area contributed by atoms with Crippen molar-refractivity contribution in [3.63, 3.8) is 0 Å². The first-order valence-electron chi connectivity index (χ1n) is 13.6. The van der Waals surface area contributed by atoms with E-state index in [1.807, 2.05) is 25.1 Å². The van der Waals surface area contributed by atoms with Crippen molar-refractivity contribution in [3.8, 4) is 11.5 Å². The molecule has 45 heavy (non-hydrogen) atoms. The van der Waals surface area contributed by atoms with E-state index < -0.39 is 32.5 Å². The Morgan fingerprint density at radius 1 is 0.711 bits per heavy atom. The molecule has 0 aliphatic heterocycles. The summed E-state index contributed by atoms with van der Waals surface area (Å²) in [7, 11) is -8.11. The van der Waals surface area contributed by atoms with E-state index >= 15 is 0 Å². The Balaban J connectivity index is 1.35. The maximum absolute atomic E-state index is 13.8. The van der Waals surface area contributed by atoms with Gasteiger partial charge in [0.05, 0.1) is 26.2 Å². The van der Waals surface area contributed by atoms with Crippen LogP contribution in [0.1, 0.15) is 5.56 Å². The second-order valence-electron chi connectivity index (χ2n) is 9.89. The van der Waals surface area contributed by atoms with Crippen molar-refractivity contribution >= 4 is 54.6 Å². The van der Waals surface area contributed by atoms with Crippen LogP contribution >= 0.6 is 11.6 Å². The third kappa shape index (κ3) is 7.82. The van der Waals surface area contributed by atoms with Gasteiger partial charge in [-0.3, -0.25) is 13.8 Å². The third-order valence-corrected chi connectivity index (χ3v) is 10.1. The Labute approximate surface area is 267 Å². The van der Waals surface area contributed by atoms with E-state index in [1.54, 1.807) is 66.7 Å². The first-order chi connectivity index (χ1) is 21.5. The van der Waals surface area contributed by atoms with Gasteiger partial charge in [0, 0.05) is 5.69 Å². The number of hydrogen-bond donors (Lipinski definition) is 2. The molecule has 0 spiro atoms. The van der Waals surface area contributed by atoms with Gasteiger partial charge in [0.2, 0.25) is 5.91 Å². The number of para-hydroxylation sites is 2. The number of amides is 1. The molecule has 0 saturated carbocycles. The molecule has 5 aromatic rings. The summed E-state index contributed by atoms with van der Waals surface area (Å²) in [4.78, 5) is 13.2. The molecule has 0 unspecified atom stereocenters. The van der Waals surface area contributed by atoms with E-state index in [4.69, 9.17) is 16.3 Å². The summed E-state index contributed by atoms with van der Waals surface area (Å²) in [6, 6.07) is 33.7. The van der Waals surface area contributed by atoms with Gasteiger partial charge < -0.3 is 10.1 Å². The Kier molecular flexibility index (Phi) is 9.43. The fourth-order valence-electron chi connectivity index (χ4n) is 4.25. The molecule has 0 aliphatic carbocycles. The zero-order valence-corrected chi connectivity index (χ0v) is 26.3. The minimum atomic E-state index is -4.16. The minimum absolute atomic E-state index is 0.0195. The summed E-state index contributed by atoms with van der Waals surface area (Å²) in [5, 5.41) is 2.89. The van der Waals surface area contributed by atoms with Crippen LogP contribution in [-0.4, -0.2) is 29.3 Å². The smallest absolute Gasteiger partial charge is 0.264 e. The standard InChI is InChI=1S/C33H28ClN3O6S2/c1-24-11-19-30(20-12-24)45(41,42)37(26-15-17-28(18-16-26)43-27-7-3-2-4-8-27)23-33(38)35-25-13-21-29(22-14-25)44(39,40)36-32-10-6-5-9-31(32)34/h2-22,36H,23H2,1H3,(H,35,38). The van der Waals surface area contributed by atoms with Gasteiger partial charge in [-0.2, -0.15) is 0 Å². The molecule has 0 fully saturated rings. The number of benzene rings is 5. The number of ether oxygens (including phenoxy) is 1. The Morgan fingerprint density at radius 2 is 1.29 bits per heavy atom. The van der Waals surface area contributed by atoms with E-state index in [-0.39, 0.29) is 31.9 Å². The summed E-state index contributed by atoms with van der Waals surface area (Å²) in [5.41, 5.74) is 1.63. The first-order valence-corrected chi connectivity index (χ1v) is 16.9. The SMILES string of the molecule is Cc1ccc(S(=O)(=O)N(CC(=O)Nc2ccc(S(=O)(=O)Nc3ccccc3Cl)cc2)c2ccc(Oc3ccccc3)cc2)cc1. The summed E-state index contributed by atoms with van der Waals surface area (Å²) < 4.78 is 62.5. The first kappa shape index (κ1) is 31.6. The number of hydrogen-bond acceptors (Lipinski definition) is 6. The molecule has 12 heteroatoms. The van der Waals surface area contributed by atoms with Gasteiger partial charge in [-0.1, -0.05) is 59.6 Å². The maximum Gasteiger partial charge on any atom is 0.264 e. The molecule has 0 radical (unpaired) electrons. The second kappa shape index (κ2) is 13.4. The molecule has 5 rings (SSSR count). The van der Waals surface area contributed by atoms with Crippen LogP contribution in [0.2, 0.25) is 5.02 Å². The lowest BCUT2D eigenvalue weighted by Gasteiger charge is -2.24. The van der Waals surface area contributed by atoms with Crippen molar-refractivity contribution < 1.29 is 26.4 Å². The number of sulfonamides is 2. The average Bonchev–Trinajstić information content (AvgIpc) is 3.02. The molecule has 9 nitrogen and oxygen atoms in total. The van der Waals surface area contributed by atoms with Crippen LogP contribution in [-0.2, 0) is 24.8 Å². The molecule has 1 amide bonds. The molecule has 2 N–H and O–H groups in total. The van der Waals surface area contributed by atoms with Crippen LogP contribution < -0.4 is 19.1 Å². The highest BCUT2D eigenvalue weighted by Gasteiger charge is 2.27. The van der Waals surface area contributed by atoms with E-state index in [1.165, 1.54) is 42.5 Å². The zero-order chi connectivity index (χ0) is 32.0. The van der Waals surface area contributed by atoms with Crippen molar-refractivity contribution in [2.24, 2.45) is 0 Å². The number of nitrogens with one attached hydrogen (secondary N) is 2. The van der Waals surface area contributed by atoms with Crippen LogP contribution in [0.3, 0.4) is 0 Å². The molecule has 0 aromatic heterocycles. The summed E-state index contributed by atoms with van der Waals surface area (Å²) >= 11 is 6.08. The van der Waals surface area contributed by atoms with E-state index in [9.17, 15) is 21.6 Å². The van der Waals surface area contributed by atoms with Crippen LogP contribution in [0.5, 0.6) is 11.5 Å². The number of carbonyl (C=O) groups excluding carboxylic acids is 1. The van der Waals surface area contributed by atoms with Crippen LogP contribution in [0.4, 0.5) is 17.1 Å². The number of nitrogens with zero attached hydrogens (tertiary/aromatic N) is 1. The number of anilines is 3. The third-order valence-electron chi connectivity index (χ3n) is 6.57. The predicted molar refractivity (Wildman–Crippen MR) is 176 cm³/mol. The normalized spacial score (nSPS) is 11.4. The van der Waals surface area contributed by atoms with Crippen molar-refractivity contribution in [2.45, 2.75) is 16.7 Å². The Hall–Kier alpha value is -4.84. The highest BCUT2D eigenvalue weighted by Crippen LogP contribution is 2.29. The molecule has 0 aliphatic rings. The fourth-order valence-corrected chi connectivity index (χ4v) is 6.99. The number of carbonyl (C=O) groups is 1. The monoisotopic (exact) mass is 661 g/mol. The quantitative estimate of drug-likeness (QED) is 0.156.